The van der Waals surface area contributed by atoms with E-state index < -0.39 is 21.7 Å². The van der Waals surface area contributed by atoms with Gasteiger partial charge in [-0.25, -0.2) is 26.5 Å². The Bertz CT molecular complexity index is 1020. The normalized spacial score (nSPS) is 18.3. The van der Waals surface area contributed by atoms with Crippen molar-refractivity contribution in [2.24, 2.45) is 16.5 Å². The Morgan fingerprint density at radius 3 is 2.67 bits per heavy atom. The van der Waals surface area contributed by atoms with Gasteiger partial charge in [0.1, 0.15) is 17.4 Å². The third-order valence-electron chi connectivity index (χ3n) is 4.44. The summed E-state index contributed by atoms with van der Waals surface area (Å²) in [4.78, 5) is 3.89. The smallest absolute Gasteiger partial charge is 0.211 e. The zero-order valence-corrected chi connectivity index (χ0v) is 18.1. The van der Waals surface area contributed by atoms with Crippen LogP contribution in [0.25, 0.3) is 0 Å². The molecule has 1 atom stereocenters. The minimum atomic E-state index is -3.29. The lowest BCUT2D eigenvalue weighted by Gasteiger charge is -2.16. The van der Waals surface area contributed by atoms with Crippen LogP contribution in [-0.4, -0.2) is 55.9 Å². The van der Waals surface area contributed by atoms with E-state index in [9.17, 15) is 17.2 Å². The first-order chi connectivity index (χ1) is 14.0. The standard InChI is InChI=1S/C18H23F2N5O3S2/c1-10(23-11-6-7-25(9-11)30(3,26)27)24-18(22)12(8-21)17(29)15-14(28-2)5-4-13(19)16(15)20/h4-5,8,11,23H,1,6-7,9,21H2,2-3H3,(H2,22,24)/b12-8-. The van der Waals surface area contributed by atoms with Crippen LogP contribution in [-0.2, 0) is 10.0 Å². The van der Waals surface area contributed by atoms with Crippen molar-refractivity contribution in [3.63, 3.8) is 0 Å². The molecule has 1 heterocycles. The van der Waals surface area contributed by atoms with Crippen molar-refractivity contribution in [2.45, 2.75) is 12.5 Å². The molecule has 30 heavy (non-hydrogen) atoms. The van der Waals surface area contributed by atoms with Crippen molar-refractivity contribution in [2.75, 3.05) is 26.5 Å². The van der Waals surface area contributed by atoms with Crippen LogP contribution in [0.2, 0.25) is 0 Å². The fourth-order valence-corrected chi connectivity index (χ4v) is 4.20. The van der Waals surface area contributed by atoms with E-state index in [-0.39, 0.29) is 46.0 Å². The number of aliphatic imine (C=N–C) groups is 1. The molecule has 1 aliphatic heterocycles. The van der Waals surface area contributed by atoms with Gasteiger partial charge >= 0.3 is 0 Å². The Morgan fingerprint density at radius 2 is 2.13 bits per heavy atom. The predicted molar refractivity (Wildman–Crippen MR) is 116 cm³/mol. The predicted octanol–water partition coefficient (Wildman–Crippen LogP) is 0.986. The van der Waals surface area contributed by atoms with Crippen molar-refractivity contribution in [1.82, 2.24) is 9.62 Å². The number of hydrogen-bond donors (Lipinski definition) is 3. The molecule has 1 aromatic carbocycles. The van der Waals surface area contributed by atoms with E-state index >= 15 is 0 Å². The number of nitrogens with two attached hydrogens (primary N) is 2. The van der Waals surface area contributed by atoms with Gasteiger partial charge in [0.05, 0.1) is 29.4 Å². The van der Waals surface area contributed by atoms with Gasteiger partial charge in [0.15, 0.2) is 11.6 Å². The molecular weight excluding hydrogens is 436 g/mol. The summed E-state index contributed by atoms with van der Waals surface area (Å²) in [5.41, 5.74) is 11.3. The van der Waals surface area contributed by atoms with Crippen LogP contribution in [0.15, 0.2) is 41.3 Å². The number of methoxy groups -OCH3 is 1. The van der Waals surface area contributed by atoms with E-state index in [4.69, 9.17) is 28.4 Å². The highest BCUT2D eigenvalue weighted by Crippen LogP contribution is 2.27. The number of halogens is 2. The first kappa shape index (κ1) is 23.7. The summed E-state index contributed by atoms with van der Waals surface area (Å²) in [6.45, 7) is 4.38. The molecule has 1 saturated heterocycles. The highest BCUT2D eigenvalue weighted by Gasteiger charge is 2.29. The number of rotatable bonds is 8. The van der Waals surface area contributed by atoms with Gasteiger partial charge in [-0.1, -0.05) is 18.8 Å². The second-order valence-electron chi connectivity index (χ2n) is 6.54. The van der Waals surface area contributed by atoms with E-state index in [1.165, 1.54) is 17.5 Å². The SMILES string of the molecule is C=C(/N=C(N)\C(=C/N)C(=S)c1c(OC)ccc(F)c1F)NC1CCN(S(C)(=O)=O)C1. The summed E-state index contributed by atoms with van der Waals surface area (Å²) in [7, 11) is -2.00. The van der Waals surface area contributed by atoms with Gasteiger partial charge in [0, 0.05) is 25.3 Å². The largest absolute Gasteiger partial charge is 0.496 e. The van der Waals surface area contributed by atoms with E-state index in [2.05, 4.69) is 16.9 Å². The Morgan fingerprint density at radius 1 is 1.47 bits per heavy atom. The lowest BCUT2D eigenvalue weighted by Crippen LogP contribution is -2.34. The fourth-order valence-electron chi connectivity index (χ4n) is 2.95. The van der Waals surface area contributed by atoms with Crippen LogP contribution < -0.4 is 21.5 Å². The number of ether oxygens (including phenoxy) is 1. The van der Waals surface area contributed by atoms with Gasteiger partial charge in [-0.05, 0) is 18.6 Å². The molecule has 0 radical (unpaired) electrons. The van der Waals surface area contributed by atoms with Gasteiger partial charge in [-0.2, -0.15) is 0 Å². The summed E-state index contributed by atoms with van der Waals surface area (Å²) in [5.74, 6) is -2.33. The molecule has 8 nitrogen and oxygen atoms in total. The quantitative estimate of drug-likeness (QED) is 0.174. The maximum Gasteiger partial charge on any atom is 0.211 e. The van der Waals surface area contributed by atoms with Crippen molar-refractivity contribution in [3.05, 3.63) is 53.5 Å². The molecule has 0 aliphatic carbocycles. The molecule has 2 rings (SSSR count). The molecule has 0 aromatic heterocycles. The molecule has 5 N–H and O–H groups in total. The van der Waals surface area contributed by atoms with Crippen LogP contribution in [0.1, 0.15) is 12.0 Å². The monoisotopic (exact) mass is 459 g/mol. The highest BCUT2D eigenvalue weighted by molar-refractivity contribution is 7.88. The van der Waals surface area contributed by atoms with Crippen LogP contribution >= 0.6 is 12.2 Å². The van der Waals surface area contributed by atoms with E-state index in [1.807, 2.05) is 0 Å². The van der Waals surface area contributed by atoms with Crippen LogP contribution in [0, 0.1) is 11.6 Å². The minimum absolute atomic E-state index is 0.00910. The Hall–Kier alpha value is -2.57. The zero-order valence-electron chi connectivity index (χ0n) is 16.5. The average Bonchev–Trinajstić information content (AvgIpc) is 3.12. The summed E-state index contributed by atoms with van der Waals surface area (Å²) in [6, 6.07) is 1.94. The molecular formula is C18H23F2N5O3S2. The molecule has 1 unspecified atom stereocenters. The van der Waals surface area contributed by atoms with Crippen molar-refractivity contribution in [3.8, 4) is 5.75 Å². The topological polar surface area (TPSA) is 123 Å². The number of nitrogens with one attached hydrogen (secondary N) is 1. The Labute approximate surface area is 179 Å². The van der Waals surface area contributed by atoms with Crippen LogP contribution in [0.5, 0.6) is 5.75 Å². The molecule has 0 spiro atoms. The minimum Gasteiger partial charge on any atom is -0.496 e. The van der Waals surface area contributed by atoms with E-state index in [1.54, 1.807) is 0 Å². The van der Waals surface area contributed by atoms with Gasteiger partial charge in [-0.3, -0.25) is 0 Å². The van der Waals surface area contributed by atoms with E-state index in [0.29, 0.717) is 13.0 Å². The molecule has 0 saturated carbocycles. The third-order valence-corrected chi connectivity index (χ3v) is 6.13. The van der Waals surface area contributed by atoms with Gasteiger partial charge in [-0.15, -0.1) is 0 Å². The van der Waals surface area contributed by atoms with Crippen molar-refractivity contribution >= 4 is 32.9 Å². The molecule has 12 heteroatoms. The second kappa shape index (κ2) is 9.49. The third kappa shape index (κ3) is 5.32. The van der Waals surface area contributed by atoms with Gasteiger partial charge in [0.25, 0.3) is 0 Å². The number of amidine groups is 1. The van der Waals surface area contributed by atoms with Gasteiger partial charge < -0.3 is 21.5 Å². The Balaban J connectivity index is 2.19. The summed E-state index contributed by atoms with van der Waals surface area (Å²) >= 11 is 5.25. The highest BCUT2D eigenvalue weighted by atomic mass is 32.2. The molecule has 1 aliphatic rings. The number of hydrogen-bond acceptors (Lipinski definition) is 7. The molecule has 164 valence electrons. The maximum atomic E-state index is 14.4. The number of nitrogens with zero attached hydrogens (tertiary/aromatic N) is 2. The van der Waals surface area contributed by atoms with E-state index in [0.717, 1.165) is 18.5 Å². The van der Waals surface area contributed by atoms with Crippen molar-refractivity contribution < 1.29 is 21.9 Å². The van der Waals surface area contributed by atoms with Crippen molar-refractivity contribution in [1.29, 1.82) is 0 Å². The maximum absolute atomic E-state index is 14.4. The fraction of sp³-hybridized carbons (Fsp3) is 0.333. The lowest BCUT2D eigenvalue weighted by molar-refractivity contribution is 0.405. The Kier molecular flexibility index (Phi) is 7.50. The molecule has 1 fully saturated rings. The lowest BCUT2D eigenvalue weighted by atomic mass is 10.0. The number of sulfonamides is 1. The summed E-state index contributed by atoms with van der Waals surface area (Å²) in [6.07, 6.45) is 2.73. The summed E-state index contributed by atoms with van der Waals surface area (Å²) < 4.78 is 57.7. The van der Waals surface area contributed by atoms with Crippen LogP contribution in [0.4, 0.5) is 8.78 Å². The number of benzene rings is 1. The molecule has 1 aromatic rings. The zero-order chi connectivity index (χ0) is 22.6. The average molecular weight is 460 g/mol. The molecule has 0 amide bonds. The molecule has 0 bridgehead atoms. The first-order valence-electron chi connectivity index (χ1n) is 8.73. The second-order valence-corrected chi connectivity index (χ2v) is 8.93. The first-order valence-corrected chi connectivity index (χ1v) is 11.0. The van der Waals surface area contributed by atoms with Gasteiger partial charge in [0.2, 0.25) is 10.0 Å². The number of thiocarbonyl (C=S) groups is 1. The van der Waals surface area contributed by atoms with Crippen LogP contribution in [0.3, 0.4) is 0 Å². The summed E-state index contributed by atoms with van der Waals surface area (Å²) in [5, 5.41) is 2.97.